The van der Waals surface area contributed by atoms with Crippen LogP contribution in [0.2, 0.25) is 0 Å². The Hall–Kier alpha value is -0.660. The van der Waals surface area contributed by atoms with Crippen LogP contribution in [0.25, 0.3) is 0 Å². The molecule has 0 bridgehead atoms. The van der Waals surface area contributed by atoms with Crippen LogP contribution < -0.4 is 5.73 Å². The van der Waals surface area contributed by atoms with Crippen molar-refractivity contribution in [2.24, 2.45) is 11.7 Å². The molecule has 3 N–H and O–H groups in total. The van der Waals surface area contributed by atoms with Crippen LogP contribution in [0.1, 0.15) is 12.8 Å². The predicted octanol–water partition coefficient (Wildman–Crippen LogP) is -0.720. The van der Waals surface area contributed by atoms with Crippen molar-refractivity contribution in [1.82, 2.24) is 9.21 Å². The van der Waals surface area contributed by atoms with E-state index in [4.69, 9.17) is 11.1 Å². The van der Waals surface area contributed by atoms with Crippen molar-refractivity contribution in [3.63, 3.8) is 0 Å². The molecule has 0 aromatic carbocycles. The fourth-order valence-electron chi connectivity index (χ4n) is 2.09. The van der Waals surface area contributed by atoms with Crippen LogP contribution in [0.4, 0.5) is 0 Å². The van der Waals surface area contributed by atoms with Crippen LogP contribution in [-0.4, -0.2) is 61.9 Å². The van der Waals surface area contributed by atoms with E-state index in [1.54, 1.807) is 4.31 Å². The molecule has 0 spiro atoms. The van der Waals surface area contributed by atoms with Gasteiger partial charge in [0.15, 0.2) is 0 Å². The van der Waals surface area contributed by atoms with Crippen molar-refractivity contribution in [2.45, 2.75) is 12.8 Å². The molecule has 6 nitrogen and oxygen atoms in total. The first-order valence-corrected chi connectivity index (χ1v) is 7.61. The zero-order valence-corrected chi connectivity index (χ0v) is 10.7. The Morgan fingerprint density at radius 2 is 1.82 bits per heavy atom. The molecule has 1 saturated heterocycles. The molecule has 1 saturated carbocycles. The molecule has 0 radical (unpaired) electrons. The number of nitrogens with two attached hydrogens (primary N) is 1. The number of rotatable bonds is 5. The van der Waals surface area contributed by atoms with Crippen molar-refractivity contribution < 1.29 is 8.42 Å². The molecule has 2 fully saturated rings. The third-order valence-corrected chi connectivity index (χ3v) is 5.31. The molecule has 0 amide bonds. The van der Waals surface area contributed by atoms with Crippen LogP contribution in [-0.2, 0) is 10.0 Å². The number of sulfonamides is 1. The maximum Gasteiger partial charge on any atom is 0.214 e. The molecule has 0 aromatic rings. The van der Waals surface area contributed by atoms with E-state index in [1.807, 2.05) is 4.90 Å². The van der Waals surface area contributed by atoms with Gasteiger partial charge in [-0.05, 0) is 18.8 Å². The average Bonchev–Trinajstić information content (AvgIpc) is 3.01. The van der Waals surface area contributed by atoms with E-state index < -0.39 is 10.0 Å². The molecule has 17 heavy (non-hydrogen) atoms. The topological polar surface area (TPSA) is 90.5 Å². The molecule has 1 aliphatic carbocycles. The third kappa shape index (κ3) is 3.65. The molecule has 1 heterocycles. The number of nitrogens with zero attached hydrogens (tertiary/aromatic N) is 2. The van der Waals surface area contributed by atoms with Crippen molar-refractivity contribution in [2.75, 3.05) is 38.5 Å². The summed E-state index contributed by atoms with van der Waals surface area (Å²) < 4.78 is 25.6. The quantitative estimate of drug-likeness (QED) is 0.504. The van der Waals surface area contributed by atoms with Crippen LogP contribution in [0.15, 0.2) is 0 Å². The number of piperazine rings is 1. The molecule has 7 heteroatoms. The van der Waals surface area contributed by atoms with Gasteiger partial charge in [-0.25, -0.2) is 8.42 Å². The second-order valence-corrected chi connectivity index (χ2v) is 6.94. The first-order valence-electron chi connectivity index (χ1n) is 6.00. The minimum atomic E-state index is -3.05. The van der Waals surface area contributed by atoms with Gasteiger partial charge in [0.1, 0.15) is 5.84 Å². The monoisotopic (exact) mass is 260 g/mol. The molecule has 2 aliphatic rings. The highest BCUT2D eigenvalue weighted by Crippen LogP contribution is 2.31. The smallest absolute Gasteiger partial charge is 0.214 e. The molecule has 0 aromatic heterocycles. The van der Waals surface area contributed by atoms with E-state index >= 15 is 0 Å². The van der Waals surface area contributed by atoms with Crippen molar-refractivity contribution >= 4 is 15.9 Å². The second kappa shape index (κ2) is 4.91. The van der Waals surface area contributed by atoms with Gasteiger partial charge in [0, 0.05) is 26.2 Å². The summed E-state index contributed by atoms with van der Waals surface area (Å²) in [5.41, 5.74) is 5.33. The first kappa shape index (κ1) is 12.8. The van der Waals surface area contributed by atoms with Crippen LogP contribution in [0.5, 0.6) is 0 Å². The van der Waals surface area contributed by atoms with E-state index in [2.05, 4.69) is 0 Å². The highest BCUT2D eigenvalue weighted by atomic mass is 32.2. The van der Waals surface area contributed by atoms with Crippen molar-refractivity contribution in [3.05, 3.63) is 0 Å². The lowest BCUT2D eigenvalue weighted by Crippen LogP contribution is -2.51. The fourth-order valence-corrected chi connectivity index (χ4v) is 3.95. The van der Waals surface area contributed by atoms with E-state index in [0.717, 1.165) is 12.8 Å². The Kier molecular flexibility index (Phi) is 3.70. The summed E-state index contributed by atoms with van der Waals surface area (Å²) in [5.74, 6) is 0.856. The van der Waals surface area contributed by atoms with Gasteiger partial charge in [-0.3, -0.25) is 10.3 Å². The van der Waals surface area contributed by atoms with E-state index in [1.165, 1.54) is 0 Å². The second-order valence-electron chi connectivity index (χ2n) is 4.92. The Morgan fingerprint density at radius 1 is 1.24 bits per heavy atom. The number of amidine groups is 1. The van der Waals surface area contributed by atoms with Gasteiger partial charge in [0.25, 0.3) is 0 Å². The van der Waals surface area contributed by atoms with Gasteiger partial charge in [0.2, 0.25) is 10.0 Å². The summed E-state index contributed by atoms with van der Waals surface area (Å²) in [4.78, 5) is 2.02. The summed E-state index contributed by atoms with van der Waals surface area (Å²) in [6.07, 6.45) is 2.12. The summed E-state index contributed by atoms with van der Waals surface area (Å²) in [6.45, 7) is 2.84. The molecular weight excluding hydrogens is 240 g/mol. The maximum atomic E-state index is 12.0. The van der Waals surface area contributed by atoms with E-state index in [9.17, 15) is 8.42 Å². The average molecular weight is 260 g/mol. The summed E-state index contributed by atoms with van der Waals surface area (Å²) in [7, 11) is -3.05. The molecular formula is C10H20N4O2S. The summed E-state index contributed by atoms with van der Waals surface area (Å²) >= 11 is 0. The van der Waals surface area contributed by atoms with Gasteiger partial charge in [-0.2, -0.15) is 4.31 Å². The lowest BCUT2D eigenvalue weighted by molar-refractivity contribution is 0.208. The highest BCUT2D eigenvalue weighted by molar-refractivity contribution is 7.89. The Labute approximate surface area is 102 Å². The van der Waals surface area contributed by atoms with Gasteiger partial charge < -0.3 is 5.73 Å². The van der Waals surface area contributed by atoms with Gasteiger partial charge in [0.05, 0.1) is 12.3 Å². The number of hydrogen-bond acceptors (Lipinski definition) is 4. The van der Waals surface area contributed by atoms with Crippen LogP contribution in [0.3, 0.4) is 0 Å². The molecule has 1 aliphatic heterocycles. The first-order chi connectivity index (χ1) is 7.97. The Morgan fingerprint density at radius 3 is 2.29 bits per heavy atom. The zero-order chi connectivity index (χ0) is 12.5. The Balaban J connectivity index is 1.83. The largest absolute Gasteiger partial charge is 0.387 e. The normalized spacial score (nSPS) is 23.8. The van der Waals surface area contributed by atoms with Crippen molar-refractivity contribution in [3.8, 4) is 0 Å². The molecule has 0 atom stereocenters. The van der Waals surface area contributed by atoms with Gasteiger partial charge in [-0.1, -0.05) is 0 Å². The van der Waals surface area contributed by atoms with Crippen molar-refractivity contribution in [1.29, 1.82) is 5.41 Å². The van der Waals surface area contributed by atoms with Crippen LogP contribution in [0, 0.1) is 11.3 Å². The van der Waals surface area contributed by atoms with E-state index in [0.29, 0.717) is 44.4 Å². The van der Waals surface area contributed by atoms with E-state index in [-0.39, 0.29) is 5.84 Å². The highest BCUT2D eigenvalue weighted by Gasteiger charge is 2.33. The zero-order valence-electron chi connectivity index (χ0n) is 9.93. The lowest BCUT2D eigenvalue weighted by Gasteiger charge is -2.33. The standard InChI is InChI=1S/C10H20N4O2S/c11-10(12)7-13-3-5-14(6-4-13)17(15,16)8-9-1-2-9/h9H,1-8H2,(H3,11,12). The molecule has 98 valence electrons. The molecule has 0 unspecified atom stereocenters. The van der Waals surface area contributed by atoms with Crippen LogP contribution >= 0.6 is 0 Å². The number of nitrogens with one attached hydrogen (secondary N) is 1. The van der Waals surface area contributed by atoms with Gasteiger partial charge >= 0.3 is 0 Å². The maximum absolute atomic E-state index is 12.0. The Bertz CT molecular complexity index is 383. The fraction of sp³-hybridized carbons (Fsp3) is 0.900. The summed E-state index contributed by atoms with van der Waals surface area (Å²) in [6, 6.07) is 0. The predicted molar refractivity (Wildman–Crippen MR) is 66.4 cm³/mol. The number of hydrogen-bond donors (Lipinski definition) is 2. The lowest BCUT2D eigenvalue weighted by atomic mass is 10.3. The van der Waals surface area contributed by atoms with Gasteiger partial charge in [-0.15, -0.1) is 0 Å². The summed E-state index contributed by atoms with van der Waals surface area (Å²) in [5, 5.41) is 7.21. The SMILES string of the molecule is N=C(N)CN1CCN(S(=O)(=O)CC2CC2)CC1. The molecule has 2 rings (SSSR count). The minimum Gasteiger partial charge on any atom is -0.387 e. The minimum absolute atomic E-state index is 0.138. The third-order valence-electron chi connectivity index (χ3n) is 3.26.